The summed E-state index contributed by atoms with van der Waals surface area (Å²) in [6, 6.07) is 19.5. The fraction of sp³-hybridized carbons (Fsp3) is 0.0833. The van der Waals surface area contributed by atoms with Gasteiger partial charge in [-0.3, -0.25) is 24.1 Å². The maximum absolute atomic E-state index is 12.9. The molecule has 0 spiro atoms. The molecular weight excluding hydrogens is 416 g/mol. The highest BCUT2D eigenvalue weighted by molar-refractivity contribution is 6.31. The highest BCUT2D eigenvalue weighted by Gasteiger charge is 2.30. The van der Waals surface area contributed by atoms with Crippen molar-refractivity contribution < 1.29 is 19.2 Å². The zero-order valence-electron chi connectivity index (χ0n) is 16.3. The Hall–Kier alpha value is -3.77. The van der Waals surface area contributed by atoms with Crippen molar-refractivity contribution in [3.8, 4) is 0 Å². The minimum absolute atomic E-state index is 0.190. The van der Waals surface area contributed by atoms with Crippen molar-refractivity contribution in [3.63, 3.8) is 0 Å². The molecule has 1 saturated heterocycles. The Bertz CT molecular complexity index is 1170. The first kappa shape index (κ1) is 20.5. The highest BCUT2D eigenvalue weighted by atomic mass is 35.5. The quantitative estimate of drug-likeness (QED) is 0.476. The molecule has 0 bridgehead atoms. The first-order valence-electron chi connectivity index (χ1n) is 9.60. The number of hydrogen-bond donors (Lipinski definition) is 1. The normalized spacial score (nSPS) is 13.4. The molecule has 3 amide bonds. The number of carbonyl (C=O) groups is 4. The van der Waals surface area contributed by atoms with Crippen LogP contribution in [0.5, 0.6) is 0 Å². The monoisotopic (exact) mass is 432 g/mol. The molecule has 0 aromatic heterocycles. The summed E-state index contributed by atoms with van der Waals surface area (Å²) in [5, 5.41) is 3.12. The zero-order valence-corrected chi connectivity index (χ0v) is 17.1. The molecule has 3 aromatic rings. The number of ketones is 1. The van der Waals surface area contributed by atoms with Crippen molar-refractivity contribution in [2.75, 3.05) is 10.2 Å². The number of anilines is 2. The molecule has 154 valence electrons. The Morgan fingerprint density at radius 1 is 0.806 bits per heavy atom. The summed E-state index contributed by atoms with van der Waals surface area (Å²) in [6.07, 6.45) is 0.381. The van der Waals surface area contributed by atoms with Gasteiger partial charge in [0.15, 0.2) is 5.78 Å². The van der Waals surface area contributed by atoms with Crippen LogP contribution >= 0.6 is 11.6 Å². The molecule has 0 radical (unpaired) electrons. The van der Waals surface area contributed by atoms with Crippen molar-refractivity contribution in [1.82, 2.24) is 0 Å². The number of rotatable bonds is 5. The largest absolute Gasteiger partial charge is 0.321 e. The van der Waals surface area contributed by atoms with Crippen LogP contribution in [-0.2, 0) is 9.59 Å². The molecule has 0 unspecified atom stereocenters. The second-order valence-corrected chi connectivity index (χ2v) is 7.45. The number of halogens is 1. The van der Waals surface area contributed by atoms with E-state index < -0.39 is 5.91 Å². The SMILES string of the molecule is O=C(Nc1ccc(Cl)cc1C(=O)c1ccccc1)c1ccc(N2C(=O)CCC2=O)cc1. The van der Waals surface area contributed by atoms with Gasteiger partial charge in [-0.15, -0.1) is 0 Å². The van der Waals surface area contributed by atoms with E-state index in [1.165, 1.54) is 18.2 Å². The zero-order chi connectivity index (χ0) is 22.0. The van der Waals surface area contributed by atoms with Gasteiger partial charge in [-0.2, -0.15) is 0 Å². The van der Waals surface area contributed by atoms with E-state index in [4.69, 9.17) is 11.6 Å². The average molecular weight is 433 g/mol. The van der Waals surface area contributed by atoms with Crippen LogP contribution in [0.2, 0.25) is 5.02 Å². The highest BCUT2D eigenvalue weighted by Crippen LogP contribution is 2.26. The fourth-order valence-corrected chi connectivity index (χ4v) is 3.55. The summed E-state index contributed by atoms with van der Waals surface area (Å²) in [5.41, 5.74) is 1.82. The summed E-state index contributed by atoms with van der Waals surface area (Å²) >= 11 is 6.08. The van der Waals surface area contributed by atoms with Crippen molar-refractivity contribution in [2.45, 2.75) is 12.8 Å². The molecule has 1 aliphatic heterocycles. The van der Waals surface area contributed by atoms with Crippen LogP contribution in [0, 0.1) is 0 Å². The molecule has 1 fully saturated rings. The van der Waals surface area contributed by atoms with E-state index in [-0.39, 0.29) is 36.0 Å². The van der Waals surface area contributed by atoms with Crippen LogP contribution in [-0.4, -0.2) is 23.5 Å². The van der Waals surface area contributed by atoms with Gasteiger partial charge in [0.2, 0.25) is 11.8 Å². The molecule has 0 atom stereocenters. The van der Waals surface area contributed by atoms with Gasteiger partial charge in [0.05, 0.1) is 11.4 Å². The van der Waals surface area contributed by atoms with Crippen LogP contribution in [0.15, 0.2) is 72.8 Å². The van der Waals surface area contributed by atoms with E-state index >= 15 is 0 Å². The Morgan fingerprint density at radius 2 is 1.45 bits per heavy atom. The number of imide groups is 1. The number of amides is 3. The molecule has 7 heteroatoms. The molecule has 1 N–H and O–H groups in total. The van der Waals surface area contributed by atoms with Crippen molar-refractivity contribution in [3.05, 3.63) is 94.5 Å². The van der Waals surface area contributed by atoms with Crippen LogP contribution in [0.1, 0.15) is 39.1 Å². The van der Waals surface area contributed by atoms with Gasteiger partial charge in [-0.1, -0.05) is 41.9 Å². The summed E-state index contributed by atoms with van der Waals surface area (Å²) in [6.45, 7) is 0. The third-order valence-electron chi connectivity index (χ3n) is 4.95. The topological polar surface area (TPSA) is 83.6 Å². The van der Waals surface area contributed by atoms with Gasteiger partial charge < -0.3 is 5.32 Å². The van der Waals surface area contributed by atoms with Gasteiger partial charge in [0.1, 0.15) is 0 Å². The Balaban J connectivity index is 1.57. The first-order valence-corrected chi connectivity index (χ1v) is 9.98. The smallest absolute Gasteiger partial charge is 0.255 e. The van der Waals surface area contributed by atoms with E-state index in [9.17, 15) is 19.2 Å². The molecule has 1 heterocycles. The molecule has 1 aliphatic rings. The molecule has 0 aliphatic carbocycles. The maximum atomic E-state index is 12.9. The van der Waals surface area contributed by atoms with Crippen molar-refractivity contribution in [1.29, 1.82) is 0 Å². The molecule has 6 nitrogen and oxygen atoms in total. The summed E-state index contributed by atoms with van der Waals surface area (Å²) in [4.78, 5) is 50.6. The lowest BCUT2D eigenvalue weighted by molar-refractivity contribution is -0.121. The third-order valence-corrected chi connectivity index (χ3v) is 5.18. The lowest BCUT2D eigenvalue weighted by Gasteiger charge is -2.15. The molecule has 4 rings (SSSR count). The Kier molecular flexibility index (Phi) is 5.64. The van der Waals surface area contributed by atoms with Gasteiger partial charge in [-0.25, -0.2) is 0 Å². The summed E-state index contributed by atoms with van der Waals surface area (Å²) in [5.74, 6) is -1.21. The Morgan fingerprint density at radius 3 is 2.10 bits per heavy atom. The number of benzene rings is 3. The minimum Gasteiger partial charge on any atom is -0.321 e. The van der Waals surface area contributed by atoms with Gasteiger partial charge in [0, 0.05) is 34.6 Å². The first-order chi connectivity index (χ1) is 14.9. The molecule has 31 heavy (non-hydrogen) atoms. The van der Waals surface area contributed by atoms with Crippen LogP contribution in [0.4, 0.5) is 11.4 Å². The van der Waals surface area contributed by atoms with E-state index in [1.807, 2.05) is 6.07 Å². The van der Waals surface area contributed by atoms with Crippen LogP contribution in [0.25, 0.3) is 0 Å². The fourth-order valence-electron chi connectivity index (χ4n) is 3.38. The second-order valence-electron chi connectivity index (χ2n) is 7.01. The third kappa shape index (κ3) is 4.25. The maximum Gasteiger partial charge on any atom is 0.255 e. The number of nitrogens with zero attached hydrogens (tertiary/aromatic N) is 1. The molecule has 0 saturated carbocycles. The predicted molar refractivity (Wildman–Crippen MR) is 117 cm³/mol. The van der Waals surface area contributed by atoms with E-state index in [0.717, 1.165) is 4.90 Å². The van der Waals surface area contributed by atoms with E-state index in [2.05, 4.69) is 5.32 Å². The van der Waals surface area contributed by atoms with Crippen LogP contribution in [0.3, 0.4) is 0 Å². The lowest BCUT2D eigenvalue weighted by Crippen LogP contribution is -2.28. The standard InChI is InChI=1S/C24H17ClN2O4/c25-17-8-11-20(19(14-17)23(30)15-4-2-1-3-5-15)26-24(31)16-6-9-18(10-7-16)27-21(28)12-13-22(27)29/h1-11,14H,12-13H2,(H,26,31). The molecular formula is C24H17ClN2O4. The molecule has 3 aromatic carbocycles. The minimum atomic E-state index is -0.435. The van der Waals surface area contributed by atoms with Crippen molar-refractivity contribution >= 4 is 46.5 Å². The Labute approximate surface area is 183 Å². The number of nitrogens with one attached hydrogen (secondary N) is 1. The second kappa shape index (κ2) is 8.53. The average Bonchev–Trinajstić information content (AvgIpc) is 3.13. The predicted octanol–water partition coefficient (Wildman–Crippen LogP) is 4.48. The lowest BCUT2D eigenvalue weighted by atomic mass is 10.0. The number of carbonyl (C=O) groups excluding carboxylic acids is 4. The summed E-state index contributed by atoms with van der Waals surface area (Å²) in [7, 11) is 0. The van der Waals surface area contributed by atoms with Crippen LogP contribution < -0.4 is 10.2 Å². The van der Waals surface area contributed by atoms with E-state index in [0.29, 0.717) is 27.5 Å². The van der Waals surface area contributed by atoms with E-state index in [1.54, 1.807) is 48.5 Å². The van der Waals surface area contributed by atoms with Gasteiger partial charge >= 0.3 is 0 Å². The van der Waals surface area contributed by atoms with Gasteiger partial charge in [0.25, 0.3) is 5.91 Å². The van der Waals surface area contributed by atoms with Gasteiger partial charge in [-0.05, 0) is 42.5 Å². The van der Waals surface area contributed by atoms with Crippen molar-refractivity contribution in [2.24, 2.45) is 0 Å². The summed E-state index contributed by atoms with van der Waals surface area (Å²) < 4.78 is 0. The number of hydrogen-bond acceptors (Lipinski definition) is 4.